The number of imidazole rings is 1. The summed E-state index contributed by atoms with van der Waals surface area (Å²) in [4.78, 5) is 10.6. The van der Waals surface area contributed by atoms with Crippen LogP contribution in [0.3, 0.4) is 0 Å². The molecule has 0 radical (unpaired) electrons. The number of hydrogen-bond acceptors (Lipinski definition) is 4. The summed E-state index contributed by atoms with van der Waals surface area (Å²) in [5, 5.41) is 12.1. The number of non-ortho nitro benzene ring substituents is 1. The minimum Gasteiger partial charge on any atom is -0.497 e. The third kappa shape index (κ3) is 2.94. The van der Waals surface area contributed by atoms with Gasteiger partial charge in [-0.2, -0.15) is 4.57 Å². The van der Waals surface area contributed by atoms with E-state index in [0.717, 1.165) is 46.6 Å². The van der Waals surface area contributed by atoms with Crippen LogP contribution in [0, 0.1) is 10.1 Å². The zero-order valence-corrected chi connectivity index (χ0v) is 15.1. The second-order valence-corrected chi connectivity index (χ2v) is 7.09. The van der Waals surface area contributed by atoms with Gasteiger partial charge in [-0.3, -0.25) is 10.1 Å². The summed E-state index contributed by atoms with van der Waals surface area (Å²) in [6.07, 6.45) is 3.29. The molecule has 0 fully saturated rings. The number of fused-ring (bicyclic) bond motifs is 1. The van der Waals surface area contributed by atoms with Gasteiger partial charge in [-0.25, -0.2) is 4.57 Å². The summed E-state index contributed by atoms with van der Waals surface area (Å²) >= 11 is 1.81. The first-order valence-electron chi connectivity index (χ1n) is 8.34. The van der Waals surface area contributed by atoms with Gasteiger partial charge in [0, 0.05) is 23.4 Å². The summed E-state index contributed by atoms with van der Waals surface area (Å²) in [5.74, 6) is 1.88. The van der Waals surface area contributed by atoms with Crippen molar-refractivity contribution in [2.75, 3.05) is 12.9 Å². The average molecular weight is 368 g/mol. The second kappa shape index (κ2) is 6.84. The summed E-state index contributed by atoms with van der Waals surface area (Å²) in [7, 11) is 1.65. The number of benzene rings is 2. The summed E-state index contributed by atoms with van der Waals surface area (Å²) in [5.41, 5.74) is 3.16. The molecule has 0 saturated heterocycles. The lowest BCUT2D eigenvalue weighted by Gasteiger charge is -2.09. The first-order chi connectivity index (χ1) is 12.7. The van der Waals surface area contributed by atoms with Crippen molar-refractivity contribution >= 4 is 17.4 Å². The molecule has 2 aromatic carbocycles. The van der Waals surface area contributed by atoms with E-state index in [1.54, 1.807) is 31.4 Å². The van der Waals surface area contributed by atoms with Gasteiger partial charge in [-0.05, 0) is 54.6 Å². The van der Waals surface area contributed by atoms with E-state index in [1.165, 1.54) is 0 Å². The standard InChI is InChI=1S/C19H18N3O3S/c1-25-17-9-3-14(4-10-17)18-13-20-11-2-12-26-19(20)21(18)15-5-7-16(8-6-15)22(23)24/h3-10,13H,2,11-12H2,1H3/q+1. The van der Waals surface area contributed by atoms with Crippen LogP contribution in [-0.4, -0.2) is 22.4 Å². The van der Waals surface area contributed by atoms with E-state index in [4.69, 9.17) is 4.74 Å². The number of aromatic nitrogens is 2. The molecule has 4 rings (SSSR count). The van der Waals surface area contributed by atoms with E-state index >= 15 is 0 Å². The minimum absolute atomic E-state index is 0.0982. The first-order valence-corrected chi connectivity index (χ1v) is 9.33. The molecular formula is C19H18N3O3S+. The Morgan fingerprint density at radius 2 is 1.88 bits per heavy atom. The van der Waals surface area contributed by atoms with E-state index < -0.39 is 0 Å². The van der Waals surface area contributed by atoms with Crippen LogP contribution in [0.1, 0.15) is 6.42 Å². The fourth-order valence-corrected chi connectivity index (χ4v) is 4.24. The Hall–Kier alpha value is -2.80. The molecule has 1 aromatic heterocycles. The fourth-order valence-electron chi connectivity index (χ4n) is 3.14. The summed E-state index contributed by atoms with van der Waals surface area (Å²) in [6, 6.07) is 14.7. The predicted molar refractivity (Wildman–Crippen MR) is 99.9 cm³/mol. The lowest BCUT2D eigenvalue weighted by atomic mass is 10.1. The molecule has 0 unspecified atom stereocenters. The van der Waals surface area contributed by atoms with Gasteiger partial charge >= 0.3 is 5.16 Å². The molecule has 0 N–H and O–H groups in total. The average Bonchev–Trinajstić information content (AvgIpc) is 3.07. The number of aryl methyl sites for hydroxylation is 1. The number of nitro benzene ring substituents is 1. The number of hydrogen-bond donors (Lipinski definition) is 0. The number of methoxy groups -OCH3 is 1. The van der Waals surface area contributed by atoms with Crippen LogP contribution in [0.15, 0.2) is 59.9 Å². The van der Waals surface area contributed by atoms with Gasteiger partial charge in [0.15, 0.2) is 5.69 Å². The molecule has 0 saturated carbocycles. The number of nitro groups is 1. The molecule has 132 valence electrons. The van der Waals surface area contributed by atoms with Gasteiger partial charge in [-0.15, -0.1) is 0 Å². The molecule has 0 atom stereocenters. The highest BCUT2D eigenvalue weighted by atomic mass is 32.2. The number of ether oxygens (including phenoxy) is 1. The number of thioether (sulfide) groups is 1. The Morgan fingerprint density at radius 3 is 2.54 bits per heavy atom. The van der Waals surface area contributed by atoms with Crippen LogP contribution in [-0.2, 0) is 6.54 Å². The summed E-state index contributed by atoms with van der Waals surface area (Å²) < 4.78 is 9.69. The van der Waals surface area contributed by atoms with E-state index in [0.29, 0.717) is 0 Å². The third-order valence-corrected chi connectivity index (χ3v) is 5.60. The molecule has 6 nitrogen and oxygen atoms in total. The third-order valence-electron chi connectivity index (χ3n) is 4.44. The number of rotatable bonds is 4. The van der Waals surface area contributed by atoms with E-state index in [1.807, 2.05) is 36.0 Å². The fraction of sp³-hybridized carbons (Fsp3) is 0.211. The highest BCUT2D eigenvalue weighted by Crippen LogP contribution is 2.32. The molecule has 26 heavy (non-hydrogen) atoms. The Kier molecular flexibility index (Phi) is 4.38. The van der Waals surface area contributed by atoms with Crippen LogP contribution in [0.4, 0.5) is 5.69 Å². The van der Waals surface area contributed by atoms with Crippen molar-refractivity contribution in [2.24, 2.45) is 0 Å². The van der Waals surface area contributed by atoms with Crippen molar-refractivity contribution in [1.29, 1.82) is 0 Å². The lowest BCUT2D eigenvalue weighted by molar-refractivity contribution is -0.734. The second-order valence-electron chi connectivity index (χ2n) is 6.03. The molecular weight excluding hydrogens is 350 g/mol. The maximum absolute atomic E-state index is 11.0. The van der Waals surface area contributed by atoms with Gasteiger partial charge < -0.3 is 4.74 Å². The van der Waals surface area contributed by atoms with Crippen LogP contribution in [0.2, 0.25) is 0 Å². The molecule has 1 aliphatic heterocycles. The van der Waals surface area contributed by atoms with Crippen LogP contribution in [0.25, 0.3) is 16.9 Å². The van der Waals surface area contributed by atoms with E-state index in [-0.39, 0.29) is 10.6 Å². The zero-order chi connectivity index (χ0) is 18.1. The molecule has 0 bridgehead atoms. The molecule has 1 aliphatic rings. The van der Waals surface area contributed by atoms with Crippen molar-refractivity contribution in [3.63, 3.8) is 0 Å². The molecule has 7 heteroatoms. The van der Waals surface area contributed by atoms with Crippen LogP contribution < -0.4 is 9.30 Å². The predicted octanol–water partition coefficient (Wildman–Crippen LogP) is 3.84. The molecule has 2 heterocycles. The van der Waals surface area contributed by atoms with Crippen molar-refractivity contribution in [3.8, 4) is 22.7 Å². The Morgan fingerprint density at radius 1 is 1.15 bits per heavy atom. The van der Waals surface area contributed by atoms with Crippen molar-refractivity contribution in [3.05, 3.63) is 64.8 Å². The molecule has 0 amide bonds. The van der Waals surface area contributed by atoms with Gasteiger partial charge in [0.2, 0.25) is 0 Å². The Bertz CT molecular complexity index is 949. The first kappa shape index (κ1) is 16.7. The maximum Gasteiger partial charge on any atom is 0.323 e. The highest BCUT2D eigenvalue weighted by molar-refractivity contribution is 7.99. The smallest absolute Gasteiger partial charge is 0.323 e. The van der Waals surface area contributed by atoms with Crippen LogP contribution in [0.5, 0.6) is 5.75 Å². The van der Waals surface area contributed by atoms with Crippen molar-refractivity contribution in [1.82, 2.24) is 4.57 Å². The van der Waals surface area contributed by atoms with E-state index in [9.17, 15) is 10.1 Å². The quantitative estimate of drug-likeness (QED) is 0.399. The Labute approximate surface area is 155 Å². The monoisotopic (exact) mass is 368 g/mol. The Balaban J connectivity index is 1.86. The molecule has 3 aromatic rings. The van der Waals surface area contributed by atoms with Gasteiger partial charge in [0.1, 0.15) is 17.6 Å². The molecule has 0 aliphatic carbocycles. The normalized spacial score (nSPS) is 13.3. The van der Waals surface area contributed by atoms with Gasteiger partial charge in [0.25, 0.3) is 5.69 Å². The molecule has 0 spiro atoms. The highest BCUT2D eigenvalue weighted by Gasteiger charge is 2.29. The largest absolute Gasteiger partial charge is 0.497 e. The van der Waals surface area contributed by atoms with E-state index in [2.05, 4.69) is 15.3 Å². The number of nitrogens with zero attached hydrogens (tertiary/aromatic N) is 3. The van der Waals surface area contributed by atoms with Crippen molar-refractivity contribution in [2.45, 2.75) is 18.1 Å². The minimum atomic E-state index is -0.372. The van der Waals surface area contributed by atoms with Crippen molar-refractivity contribution < 1.29 is 14.2 Å². The lowest BCUT2D eigenvalue weighted by Crippen LogP contribution is -2.37. The maximum atomic E-state index is 11.0. The zero-order valence-electron chi connectivity index (χ0n) is 14.3. The SMILES string of the molecule is COc1ccc(-c2c[n+]3c(n2-c2ccc([N+](=O)[O-])cc2)SCCC3)cc1. The van der Waals surface area contributed by atoms with Gasteiger partial charge in [-0.1, -0.05) is 0 Å². The summed E-state index contributed by atoms with van der Waals surface area (Å²) in [6.45, 7) is 0.978. The van der Waals surface area contributed by atoms with Crippen LogP contribution >= 0.6 is 11.8 Å². The topological polar surface area (TPSA) is 61.2 Å². The van der Waals surface area contributed by atoms with Gasteiger partial charge in [0.05, 0.1) is 18.6 Å².